The van der Waals surface area contributed by atoms with E-state index in [1.165, 1.54) is 12.8 Å². The van der Waals surface area contributed by atoms with Gasteiger partial charge in [-0.2, -0.15) is 11.8 Å². The van der Waals surface area contributed by atoms with Gasteiger partial charge in [-0.15, -0.1) is 0 Å². The van der Waals surface area contributed by atoms with Crippen molar-refractivity contribution in [2.45, 2.75) is 36.7 Å². The van der Waals surface area contributed by atoms with E-state index in [0.29, 0.717) is 24.4 Å². The molecule has 0 spiro atoms. The molecule has 1 aliphatic carbocycles. The molecular formula is C11H20N2O2S. The standard InChI is InChI=1S/C11H20N2O2S/c1-16-10-4-2-3-8(10)13-11(14)9-7-12-5-6-15-9/h8-10,12H,2-7H2,1H3,(H,13,14). The van der Waals surface area contributed by atoms with Gasteiger partial charge in [0.25, 0.3) is 5.91 Å². The van der Waals surface area contributed by atoms with Crippen LogP contribution in [0.3, 0.4) is 0 Å². The van der Waals surface area contributed by atoms with Crippen LogP contribution >= 0.6 is 11.8 Å². The lowest BCUT2D eigenvalue weighted by atomic mass is 10.2. The Hall–Kier alpha value is -0.260. The van der Waals surface area contributed by atoms with Gasteiger partial charge >= 0.3 is 0 Å². The van der Waals surface area contributed by atoms with E-state index in [9.17, 15) is 4.79 Å². The molecule has 2 aliphatic rings. The highest BCUT2D eigenvalue weighted by atomic mass is 32.2. The molecule has 4 nitrogen and oxygen atoms in total. The first-order valence-electron chi connectivity index (χ1n) is 5.96. The fourth-order valence-electron chi connectivity index (χ4n) is 2.38. The number of hydrogen-bond donors (Lipinski definition) is 2. The van der Waals surface area contributed by atoms with E-state index in [-0.39, 0.29) is 12.0 Å². The normalized spacial score (nSPS) is 34.9. The van der Waals surface area contributed by atoms with Crippen molar-refractivity contribution >= 4 is 17.7 Å². The largest absolute Gasteiger partial charge is 0.366 e. The van der Waals surface area contributed by atoms with Crippen molar-refractivity contribution in [3.63, 3.8) is 0 Å². The van der Waals surface area contributed by atoms with Crippen LogP contribution in [0, 0.1) is 0 Å². The van der Waals surface area contributed by atoms with Crippen LogP contribution in [0.5, 0.6) is 0 Å². The van der Waals surface area contributed by atoms with Crippen LogP contribution < -0.4 is 10.6 Å². The van der Waals surface area contributed by atoms with Crippen molar-refractivity contribution in [1.29, 1.82) is 0 Å². The van der Waals surface area contributed by atoms with Crippen molar-refractivity contribution in [1.82, 2.24) is 10.6 Å². The van der Waals surface area contributed by atoms with Crippen molar-refractivity contribution in [2.75, 3.05) is 26.0 Å². The molecule has 1 aliphatic heterocycles. The maximum absolute atomic E-state index is 11.9. The van der Waals surface area contributed by atoms with E-state index in [4.69, 9.17) is 4.74 Å². The van der Waals surface area contributed by atoms with Crippen LogP contribution in [0.2, 0.25) is 0 Å². The third-order valence-electron chi connectivity index (χ3n) is 3.30. The van der Waals surface area contributed by atoms with E-state index < -0.39 is 0 Å². The van der Waals surface area contributed by atoms with Crippen LogP contribution in [0.1, 0.15) is 19.3 Å². The SMILES string of the molecule is CSC1CCCC1NC(=O)C1CNCCO1. The molecule has 1 amide bonds. The Kier molecular flexibility index (Phi) is 4.49. The predicted molar refractivity (Wildman–Crippen MR) is 65.7 cm³/mol. The average Bonchev–Trinajstić information content (AvgIpc) is 2.77. The van der Waals surface area contributed by atoms with Crippen molar-refractivity contribution in [3.8, 4) is 0 Å². The number of nitrogens with one attached hydrogen (secondary N) is 2. The van der Waals surface area contributed by atoms with Gasteiger partial charge in [0.2, 0.25) is 0 Å². The van der Waals surface area contributed by atoms with Gasteiger partial charge < -0.3 is 15.4 Å². The van der Waals surface area contributed by atoms with Gasteiger partial charge in [-0.1, -0.05) is 6.42 Å². The number of rotatable bonds is 3. The average molecular weight is 244 g/mol. The number of hydrogen-bond acceptors (Lipinski definition) is 4. The molecular weight excluding hydrogens is 224 g/mol. The summed E-state index contributed by atoms with van der Waals surface area (Å²) < 4.78 is 5.44. The number of ether oxygens (including phenoxy) is 1. The summed E-state index contributed by atoms with van der Waals surface area (Å²) in [6, 6.07) is 0.341. The van der Waals surface area contributed by atoms with Gasteiger partial charge in [-0.3, -0.25) is 4.79 Å². The van der Waals surface area contributed by atoms with Gasteiger partial charge in [0, 0.05) is 24.4 Å². The highest BCUT2D eigenvalue weighted by Gasteiger charge is 2.30. The van der Waals surface area contributed by atoms with E-state index in [1.54, 1.807) is 0 Å². The molecule has 2 N–H and O–H groups in total. The van der Waals surface area contributed by atoms with Crippen LogP contribution in [-0.2, 0) is 9.53 Å². The topological polar surface area (TPSA) is 50.4 Å². The van der Waals surface area contributed by atoms with E-state index in [0.717, 1.165) is 13.0 Å². The molecule has 2 rings (SSSR count). The first-order valence-corrected chi connectivity index (χ1v) is 7.25. The third kappa shape index (κ3) is 2.90. The highest BCUT2D eigenvalue weighted by molar-refractivity contribution is 7.99. The zero-order valence-corrected chi connectivity index (χ0v) is 10.5. The summed E-state index contributed by atoms with van der Waals surface area (Å²) in [6.07, 6.45) is 5.37. The fourth-order valence-corrected chi connectivity index (χ4v) is 3.32. The summed E-state index contributed by atoms with van der Waals surface area (Å²) in [5.74, 6) is 0.0538. The smallest absolute Gasteiger partial charge is 0.250 e. The van der Waals surface area contributed by atoms with Gasteiger partial charge in [-0.05, 0) is 19.1 Å². The van der Waals surface area contributed by atoms with Crippen LogP contribution in [0.25, 0.3) is 0 Å². The van der Waals surface area contributed by atoms with E-state index in [1.807, 2.05) is 11.8 Å². The van der Waals surface area contributed by atoms with E-state index in [2.05, 4.69) is 16.9 Å². The Morgan fingerprint density at radius 2 is 2.38 bits per heavy atom. The molecule has 0 aromatic heterocycles. The fraction of sp³-hybridized carbons (Fsp3) is 0.909. The monoisotopic (exact) mass is 244 g/mol. The first-order chi connectivity index (χ1) is 7.81. The maximum atomic E-state index is 11.9. The Morgan fingerprint density at radius 1 is 1.50 bits per heavy atom. The number of amides is 1. The van der Waals surface area contributed by atoms with Gasteiger partial charge in [0.05, 0.1) is 6.61 Å². The Bertz CT molecular complexity index is 244. The van der Waals surface area contributed by atoms with Crippen molar-refractivity contribution < 1.29 is 9.53 Å². The Balaban J connectivity index is 1.81. The van der Waals surface area contributed by atoms with Crippen molar-refractivity contribution in [3.05, 3.63) is 0 Å². The van der Waals surface area contributed by atoms with Crippen LogP contribution in [0.15, 0.2) is 0 Å². The molecule has 92 valence electrons. The van der Waals surface area contributed by atoms with Gasteiger partial charge in [-0.25, -0.2) is 0 Å². The molecule has 1 heterocycles. The number of carbonyl (C=O) groups is 1. The molecule has 3 unspecified atom stereocenters. The minimum atomic E-state index is -0.295. The van der Waals surface area contributed by atoms with Gasteiger partial charge in [0.15, 0.2) is 0 Å². The molecule has 1 saturated carbocycles. The lowest BCUT2D eigenvalue weighted by Crippen LogP contribution is -2.51. The van der Waals surface area contributed by atoms with Gasteiger partial charge in [0.1, 0.15) is 6.10 Å². The molecule has 0 radical (unpaired) electrons. The second-order valence-electron chi connectivity index (χ2n) is 4.38. The zero-order valence-electron chi connectivity index (χ0n) is 9.70. The number of thioether (sulfide) groups is 1. The highest BCUT2D eigenvalue weighted by Crippen LogP contribution is 2.28. The molecule has 0 aromatic rings. The predicted octanol–water partition coefficient (Wildman–Crippen LogP) is 0.375. The lowest BCUT2D eigenvalue weighted by molar-refractivity contribution is -0.134. The summed E-state index contributed by atoms with van der Waals surface area (Å²) >= 11 is 1.86. The maximum Gasteiger partial charge on any atom is 0.250 e. The second kappa shape index (κ2) is 5.89. The molecule has 0 aromatic carbocycles. The minimum Gasteiger partial charge on any atom is -0.366 e. The summed E-state index contributed by atoms with van der Waals surface area (Å²) in [5.41, 5.74) is 0. The molecule has 5 heteroatoms. The first kappa shape index (κ1) is 12.2. The molecule has 1 saturated heterocycles. The quantitative estimate of drug-likeness (QED) is 0.753. The second-order valence-corrected chi connectivity index (χ2v) is 5.46. The zero-order chi connectivity index (χ0) is 11.4. The van der Waals surface area contributed by atoms with Crippen molar-refractivity contribution in [2.24, 2.45) is 0 Å². The summed E-state index contributed by atoms with van der Waals surface area (Å²) in [5, 5.41) is 6.88. The molecule has 3 atom stereocenters. The molecule has 2 fully saturated rings. The number of morpholine rings is 1. The summed E-state index contributed by atoms with van der Waals surface area (Å²) in [7, 11) is 0. The Labute approximate surface area is 101 Å². The molecule has 0 bridgehead atoms. The summed E-state index contributed by atoms with van der Waals surface area (Å²) in [4.78, 5) is 11.9. The third-order valence-corrected chi connectivity index (χ3v) is 4.47. The minimum absolute atomic E-state index is 0.0538. The lowest BCUT2D eigenvalue weighted by Gasteiger charge is -2.26. The summed E-state index contributed by atoms with van der Waals surface area (Å²) in [6.45, 7) is 2.12. The van der Waals surface area contributed by atoms with Crippen LogP contribution in [0.4, 0.5) is 0 Å². The number of carbonyl (C=O) groups excluding carboxylic acids is 1. The Morgan fingerprint density at radius 3 is 3.06 bits per heavy atom. The molecule has 16 heavy (non-hydrogen) atoms. The van der Waals surface area contributed by atoms with E-state index >= 15 is 0 Å². The van der Waals surface area contributed by atoms with Crippen LogP contribution in [-0.4, -0.2) is 49.3 Å².